The van der Waals surface area contributed by atoms with Gasteiger partial charge in [0.15, 0.2) is 11.5 Å². The Balaban J connectivity index is 2.51. The first-order valence-corrected chi connectivity index (χ1v) is 10.1. The van der Waals surface area contributed by atoms with Crippen LogP contribution in [-0.2, 0) is 14.3 Å². The van der Waals surface area contributed by atoms with E-state index < -0.39 is 11.9 Å². The molecule has 1 aliphatic heterocycles. The summed E-state index contributed by atoms with van der Waals surface area (Å²) in [4.78, 5) is 28.3. The zero-order valence-corrected chi connectivity index (χ0v) is 18.2. The number of terminal acetylenes is 1. The molecule has 7 nitrogen and oxygen atoms in total. The lowest BCUT2D eigenvalue weighted by Crippen LogP contribution is -2.14. The lowest BCUT2D eigenvalue weighted by atomic mass is 10.1. The van der Waals surface area contributed by atoms with Gasteiger partial charge in [-0.25, -0.2) is 9.79 Å². The molecular formula is C21H20ClNO6S. The van der Waals surface area contributed by atoms with E-state index in [-0.39, 0.29) is 41.0 Å². The van der Waals surface area contributed by atoms with Gasteiger partial charge in [-0.1, -0.05) is 36.2 Å². The average molecular weight is 450 g/mol. The number of rotatable bonds is 7. The van der Waals surface area contributed by atoms with Crippen LogP contribution < -0.4 is 9.47 Å². The molecule has 30 heavy (non-hydrogen) atoms. The summed E-state index contributed by atoms with van der Waals surface area (Å²) in [6.07, 6.45) is 6.95. The number of aliphatic hydroxyl groups excluding tert-OH is 1. The molecule has 2 rings (SSSR count). The largest absolute Gasteiger partial charge is 0.506 e. The Morgan fingerprint density at radius 2 is 2.10 bits per heavy atom. The molecule has 0 fully saturated rings. The lowest BCUT2D eigenvalue weighted by molar-refractivity contribution is -0.138. The predicted molar refractivity (Wildman–Crippen MR) is 117 cm³/mol. The number of aliphatic hydroxyl groups is 1. The van der Waals surface area contributed by atoms with Gasteiger partial charge in [-0.05, 0) is 30.7 Å². The molecule has 0 bridgehead atoms. The maximum Gasteiger partial charge on any atom is 0.344 e. The van der Waals surface area contributed by atoms with Crippen LogP contribution in [0.1, 0.15) is 25.8 Å². The number of aliphatic imine (C=N–C) groups is 1. The molecule has 0 spiro atoms. The number of methoxy groups -OCH3 is 1. The quantitative estimate of drug-likeness (QED) is 0.493. The molecule has 0 saturated heterocycles. The topological polar surface area (TPSA) is 94.4 Å². The maximum atomic E-state index is 12.3. The summed E-state index contributed by atoms with van der Waals surface area (Å²) in [5.74, 6) is 1.47. The Morgan fingerprint density at radius 1 is 1.37 bits per heavy atom. The molecule has 1 aliphatic rings. The number of nitrogens with zero attached hydrogens (tertiary/aromatic N) is 1. The van der Waals surface area contributed by atoms with Crippen LogP contribution >= 0.6 is 23.4 Å². The van der Waals surface area contributed by atoms with Crippen LogP contribution in [0.2, 0.25) is 5.02 Å². The van der Waals surface area contributed by atoms with E-state index in [4.69, 9.17) is 32.2 Å². The number of carbonyl (C=O) groups excluding carboxylic acids is 2. The normalized spacial score (nSPS) is 16.0. The Hall–Kier alpha value is -2.89. The zero-order chi connectivity index (χ0) is 22.3. The number of amides is 1. The highest BCUT2D eigenvalue weighted by Crippen LogP contribution is 2.41. The lowest BCUT2D eigenvalue weighted by Gasteiger charge is -2.12. The van der Waals surface area contributed by atoms with Crippen molar-refractivity contribution in [3.63, 3.8) is 0 Å². The third kappa shape index (κ3) is 5.38. The second-order valence-electron chi connectivity index (χ2n) is 5.75. The molecule has 0 unspecified atom stereocenters. The fraction of sp³-hybridized carbons (Fsp3) is 0.286. The van der Waals surface area contributed by atoms with E-state index in [0.29, 0.717) is 22.0 Å². The van der Waals surface area contributed by atoms with E-state index in [1.165, 1.54) is 7.11 Å². The van der Waals surface area contributed by atoms with Crippen LogP contribution in [0.4, 0.5) is 0 Å². The van der Waals surface area contributed by atoms with Crippen LogP contribution in [0.25, 0.3) is 6.08 Å². The van der Waals surface area contributed by atoms with Crippen molar-refractivity contribution in [1.29, 1.82) is 0 Å². The van der Waals surface area contributed by atoms with Gasteiger partial charge in [0.2, 0.25) is 5.91 Å². The molecule has 1 heterocycles. The summed E-state index contributed by atoms with van der Waals surface area (Å²) in [5, 5.41) is 10.9. The van der Waals surface area contributed by atoms with E-state index in [1.807, 2.05) is 0 Å². The second-order valence-corrected chi connectivity index (χ2v) is 7.18. The van der Waals surface area contributed by atoms with Gasteiger partial charge in [-0.15, -0.1) is 6.42 Å². The van der Waals surface area contributed by atoms with E-state index in [9.17, 15) is 14.7 Å². The number of hydrogen-bond donors (Lipinski definition) is 1. The first kappa shape index (κ1) is 23.4. The number of carbonyl (C=O) groups is 2. The Kier molecular flexibility index (Phi) is 8.39. The summed E-state index contributed by atoms with van der Waals surface area (Å²) in [6.45, 7) is 3.42. The standard InChI is InChI=1S/C21H20ClNO6S/c1-5-8-29-19-13(22)9-12(10-14(19)27-4)11-15-18(25)17(21(26)28-7-3)20(30-15)23-16(24)6-2/h1,9-11,25H,6-8H2,2-4H3/b15-11-,23-20?. The van der Waals surface area contributed by atoms with Crippen LogP contribution in [0.5, 0.6) is 11.5 Å². The molecule has 0 aliphatic carbocycles. The van der Waals surface area contributed by atoms with Crippen LogP contribution in [0.15, 0.2) is 33.4 Å². The highest BCUT2D eigenvalue weighted by molar-refractivity contribution is 8.18. The summed E-state index contributed by atoms with van der Waals surface area (Å²) in [5.41, 5.74) is 0.409. The summed E-state index contributed by atoms with van der Waals surface area (Å²) in [6, 6.07) is 3.22. The molecule has 1 N–H and O–H groups in total. The van der Waals surface area contributed by atoms with Crippen molar-refractivity contribution in [3.8, 4) is 23.8 Å². The van der Waals surface area contributed by atoms with Crippen molar-refractivity contribution in [2.24, 2.45) is 4.99 Å². The zero-order valence-electron chi connectivity index (χ0n) is 16.7. The average Bonchev–Trinajstić information content (AvgIpc) is 3.01. The van der Waals surface area contributed by atoms with Gasteiger partial charge >= 0.3 is 5.97 Å². The third-order valence-electron chi connectivity index (χ3n) is 3.75. The number of hydrogen-bond acceptors (Lipinski definition) is 7. The number of thioether (sulfide) groups is 1. The molecule has 158 valence electrons. The minimum absolute atomic E-state index is 0.0179. The Morgan fingerprint density at radius 3 is 2.70 bits per heavy atom. The minimum Gasteiger partial charge on any atom is -0.506 e. The number of ether oxygens (including phenoxy) is 3. The highest BCUT2D eigenvalue weighted by Gasteiger charge is 2.33. The SMILES string of the molecule is C#CCOc1c(Cl)cc(/C=C2\SC(=NC(=O)CC)C(C(=O)OCC)=C2O)cc1OC. The van der Waals surface area contributed by atoms with Crippen molar-refractivity contribution >= 4 is 46.4 Å². The molecule has 1 aromatic carbocycles. The van der Waals surface area contributed by atoms with Crippen LogP contribution in [-0.4, -0.2) is 42.4 Å². The Bertz CT molecular complexity index is 990. The van der Waals surface area contributed by atoms with Gasteiger partial charge in [0.1, 0.15) is 23.0 Å². The first-order valence-electron chi connectivity index (χ1n) is 8.92. The van der Waals surface area contributed by atoms with Gasteiger partial charge in [0, 0.05) is 6.42 Å². The fourth-order valence-electron chi connectivity index (χ4n) is 2.41. The van der Waals surface area contributed by atoms with Crippen LogP contribution in [0, 0.1) is 12.3 Å². The van der Waals surface area contributed by atoms with Crippen molar-refractivity contribution in [2.45, 2.75) is 20.3 Å². The van der Waals surface area contributed by atoms with Gasteiger partial charge < -0.3 is 19.3 Å². The fourth-order valence-corrected chi connectivity index (χ4v) is 3.72. The molecular weight excluding hydrogens is 430 g/mol. The van der Waals surface area contributed by atoms with Gasteiger partial charge in [0.05, 0.1) is 23.6 Å². The highest BCUT2D eigenvalue weighted by atomic mass is 35.5. The van der Waals surface area contributed by atoms with Crippen molar-refractivity contribution in [1.82, 2.24) is 0 Å². The molecule has 0 saturated carbocycles. The molecule has 0 atom stereocenters. The Labute approximate surface area is 183 Å². The van der Waals surface area contributed by atoms with E-state index >= 15 is 0 Å². The number of esters is 1. The molecule has 0 aromatic heterocycles. The minimum atomic E-state index is -0.762. The van der Waals surface area contributed by atoms with E-state index in [0.717, 1.165) is 11.8 Å². The van der Waals surface area contributed by atoms with E-state index in [1.54, 1.807) is 32.1 Å². The van der Waals surface area contributed by atoms with Gasteiger partial charge in [-0.3, -0.25) is 4.79 Å². The number of halogens is 1. The maximum absolute atomic E-state index is 12.3. The molecule has 9 heteroatoms. The first-order chi connectivity index (χ1) is 14.4. The summed E-state index contributed by atoms with van der Waals surface area (Å²) in [7, 11) is 1.45. The summed E-state index contributed by atoms with van der Waals surface area (Å²) >= 11 is 7.26. The third-order valence-corrected chi connectivity index (χ3v) is 5.05. The molecule has 0 radical (unpaired) electrons. The van der Waals surface area contributed by atoms with Crippen LogP contribution in [0.3, 0.4) is 0 Å². The molecule has 1 aromatic rings. The smallest absolute Gasteiger partial charge is 0.344 e. The second kappa shape index (κ2) is 10.8. The molecule has 1 amide bonds. The van der Waals surface area contributed by atoms with Gasteiger partial charge in [0.25, 0.3) is 0 Å². The summed E-state index contributed by atoms with van der Waals surface area (Å²) < 4.78 is 15.7. The van der Waals surface area contributed by atoms with E-state index in [2.05, 4.69) is 10.9 Å². The monoisotopic (exact) mass is 449 g/mol. The predicted octanol–water partition coefficient (Wildman–Crippen LogP) is 4.16. The number of benzene rings is 1. The van der Waals surface area contributed by atoms with Crippen molar-refractivity contribution in [2.75, 3.05) is 20.3 Å². The van der Waals surface area contributed by atoms with Crippen molar-refractivity contribution in [3.05, 3.63) is 39.0 Å². The van der Waals surface area contributed by atoms with Crippen molar-refractivity contribution < 1.29 is 28.9 Å². The van der Waals surface area contributed by atoms with Gasteiger partial charge in [-0.2, -0.15) is 0 Å².